The van der Waals surface area contributed by atoms with Gasteiger partial charge in [0.25, 0.3) is 0 Å². The minimum Gasteiger partial charge on any atom is -0.457 e. The Kier molecular flexibility index (Phi) is 6.75. The van der Waals surface area contributed by atoms with Crippen LogP contribution >= 0.6 is 35.4 Å². The molecule has 1 amide bonds. The molecule has 2 N–H and O–H groups in total. The first kappa shape index (κ1) is 21.1. The Bertz CT molecular complexity index is 1090. The van der Waals surface area contributed by atoms with Gasteiger partial charge in [-0.2, -0.15) is 0 Å². The maximum Gasteiger partial charge on any atom is 0.250 e. The Labute approximate surface area is 184 Å². The predicted octanol–water partition coefficient (Wildman–Crippen LogP) is 6.40. The fraction of sp³-hybridized carbons (Fsp3) is 0.0909. The van der Waals surface area contributed by atoms with Crippen molar-refractivity contribution in [1.82, 2.24) is 5.32 Å². The molecule has 7 heteroatoms. The molecule has 4 nitrogen and oxygen atoms in total. The lowest BCUT2D eigenvalue weighted by atomic mass is 10.1. The minimum atomic E-state index is -0.364. The van der Waals surface area contributed by atoms with Crippen molar-refractivity contribution in [3.8, 4) is 11.3 Å². The number of halogens is 2. The monoisotopic (exact) mass is 444 g/mol. The molecule has 0 aliphatic heterocycles. The molecule has 148 valence electrons. The summed E-state index contributed by atoms with van der Waals surface area (Å²) in [5.74, 6) is 0.748. The lowest BCUT2D eigenvalue weighted by molar-refractivity contribution is -0.115. The van der Waals surface area contributed by atoms with E-state index in [0.717, 1.165) is 22.4 Å². The fourth-order valence-corrected chi connectivity index (χ4v) is 3.37. The Morgan fingerprint density at radius 1 is 1.03 bits per heavy atom. The molecule has 0 saturated heterocycles. The summed E-state index contributed by atoms with van der Waals surface area (Å²) in [5, 5.41) is 6.91. The van der Waals surface area contributed by atoms with E-state index < -0.39 is 0 Å². The van der Waals surface area contributed by atoms with E-state index in [9.17, 15) is 4.79 Å². The molecule has 0 fully saturated rings. The lowest BCUT2D eigenvalue weighted by Crippen LogP contribution is -2.33. The molecule has 0 spiro atoms. The van der Waals surface area contributed by atoms with Crippen molar-refractivity contribution in [2.45, 2.75) is 13.8 Å². The van der Waals surface area contributed by atoms with Crippen LogP contribution in [0.3, 0.4) is 0 Å². The molecule has 29 heavy (non-hydrogen) atoms. The van der Waals surface area contributed by atoms with Crippen LogP contribution in [-0.2, 0) is 4.79 Å². The van der Waals surface area contributed by atoms with Gasteiger partial charge in [0.15, 0.2) is 5.11 Å². The second-order valence-electron chi connectivity index (χ2n) is 6.46. The van der Waals surface area contributed by atoms with Gasteiger partial charge in [-0.1, -0.05) is 35.3 Å². The Hall–Kier alpha value is -2.60. The molecule has 0 aliphatic carbocycles. The maximum atomic E-state index is 12.1. The van der Waals surface area contributed by atoms with E-state index >= 15 is 0 Å². The topological polar surface area (TPSA) is 54.3 Å². The van der Waals surface area contributed by atoms with Gasteiger partial charge in [0, 0.05) is 27.4 Å². The van der Waals surface area contributed by atoms with Crippen molar-refractivity contribution in [2.24, 2.45) is 0 Å². The number of furan rings is 1. The van der Waals surface area contributed by atoms with E-state index in [1.54, 1.807) is 36.4 Å². The molecule has 3 aromatic rings. The third-order valence-corrected chi connectivity index (χ3v) is 4.69. The molecule has 1 heterocycles. The first-order valence-corrected chi connectivity index (χ1v) is 9.90. The van der Waals surface area contributed by atoms with Crippen LogP contribution in [0.2, 0.25) is 10.0 Å². The minimum absolute atomic E-state index is 0.224. The van der Waals surface area contributed by atoms with Gasteiger partial charge < -0.3 is 9.73 Å². The van der Waals surface area contributed by atoms with Crippen molar-refractivity contribution in [3.63, 3.8) is 0 Å². The summed E-state index contributed by atoms with van der Waals surface area (Å²) in [4.78, 5) is 12.1. The summed E-state index contributed by atoms with van der Waals surface area (Å²) < 4.78 is 5.73. The van der Waals surface area contributed by atoms with E-state index in [2.05, 4.69) is 10.6 Å². The molecular formula is C22H18Cl2N2O2S. The summed E-state index contributed by atoms with van der Waals surface area (Å²) in [6.45, 7) is 3.96. The van der Waals surface area contributed by atoms with Crippen LogP contribution in [0.25, 0.3) is 17.4 Å². The highest BCUT2D eigenvalue weighted by atomic mass is 35.5. The Morgan fingerprint density at radius 3 is 2.48 bits per heavy atom. The number of carbonyl (C=O) groups is 1. The Morgan fingerprint density at radius 2 is 1.76 bits per heavy atom. The second kappa shape index (κ2) is 9.27. The normalized spacial score (nSPS) is 10.9. The summed E-state index contributed by atoms with van der Waals surface area (Å²) in [6, 6.07) is 14.7. The third-order valence-electron chi connectivity index (χ3n) is 4.05. The van der Waals surface area contributed by atoms with Crippen molar-refractivity contribution in [2.75, 3.05) is 5.32 Å². The van der Waals surface area contributed by atoms with Crippen LogP contribution in [0.15, 0.2) is 59.0 Å². The zero-order valence-electron chi connectivity index (χ0n) is 15.8. The van der Waals surface area contributed by atoms with Crippen LogP contribution in [0.4, 0.5) is 5.69 Å². The zero-order valence-corrected chi connectivity index (χ0v) is 18.1. The van der Waals surface area contributed by atoms with Crippen molar-refractivity contribution < 1.29 is 9.21 Å². The predicted molar refractivity (Wildman–Crippen MR) is 123 cm³/mol. The molecule has 0 atom stereocenters. The van der Waals surface area contributed by atoms with Crippen molar-refractivity contribution >= 4 is 58.2 Å². The summed E-state index contributed by atoms with van der Waals surface area (Å²) in [5.41, 5.74) is 3.74. The first-order chi connectivity index (χ1) is 13.8. The smallest absolute Gasteiger partial charge is 0.250 e. The molecule has 0 radical (unpaired) electrons. The highest BCUT2D eigenvalue weighted by molar-refractivity contribution is 7.80. The van der Waals surface area contributed by atoms with Gasteiger partial charge in [0.2, 0.25) is 5.91 Å². The van der Waals surface area contributed by atoms with Gasteiger partial charge in [-0.05, 0) is 79.7 Å². The molecule has 1 aromatic heterocycles. The number of aryl methyl sites for hydroxylation is 2. The van der Waals surface area contributed by atoms with E-state index in [4.69, 9.17) is 39.8 Å². The fourth-order valence-electron chi connectivity index (χ4n) is 2.63. The zero-order chi connectivity index (χ0) is 21.0. The van der Waals surface area contributed by atoms with Crippen LogP contribution in [0.1, 0.15) is 16.9 Å². The molecule has 0 saturated carbocycles. The molecular weight excluding hydrogens is 427 g/mol. The highest BCUT2D eigenvalue weighted by Gasteiger charge is 2.07. The van der Waals surface area contributed by atoms with E-state index in [-0.39, 0.29) is 11.0 Å². The quantitative estimate of drug-likeness (QED) is 0.361. The number of carbonyl (C=O) groups excluding carboxylic acids is 1. The van der Waals surface area contributed by atoms with Crippen LogP contribution in [0, 0.1) is 13.8 Å². The van der Waals surface area contributed by atoms with E-state index in [1.165, 1.54) is 6.08 Å². The van der Waals surface area contributed by atoms with E-state index in [1.807, 2.05) is 32.0 Å². The van der Waals surface area contributed by atoms with Gasteiger partial charge >= 0.3 is 0 Å². The van der Waals surface area contributed by atoms with Gasteiger partial charge in [0.05, 0.1) is 0 Å². The Balaban J connectivity index is 1.61. The summed E-state index contributed by atoms with van der Waals surface area (Å²) >= 11 is 17.3. The average Bonchev–Trinajstić information content (AvgIpc) is 3.11. The van der Waals surface area contributed by atoms with Crippen LogP contribution in [0.5, 0.6) is 0 Å². The molecule has 0 unspecified atom stereocenters. The largest absolute Gasteiger partial charge is 0.457 e. The number of hydrogen-bond donors (Lipinski definition) is 2. The van der Waals surface area contributed by atoms with Crippen LogP contribution in [-0.4, -0.2) is 11.0 Å². The molecule has 3 rings (SSSR count). The van der Waals surface area contributed by atoms with Crippen molar-refractivity contribution in [1.29, 1.82) is 0 Å². The first-order valence-electron chi connectivity index (χ1n) is 8.74. The van der Waals surface area contributed by atoms with Gasteiger partial charge in [-0.25, -0.2) is 0 Å². The number of rotatable bonds is 4. The summed E-state index contributed by atoms with van der Waals surface area (Å²) in [7, 11) is 0. The van der Waals surface area contributed by atoms with Crippen LogP contribution < -0.4 is 10.6 Å². The maximum absolute atomic E-state index is 12.1. The molecule has 0 aliphatic rings. The molecule has 0 bridgehead atoms. The number of nitrogens with one attached hydrogen (secondary N) is 2. The van der Waals surface area contributed by atoms with Gasteiger partial charge in [0.1, 0.15) is 11.5 Å². The molecule has 2 aromatic carbocycles. The second-order valence-corrected chi connectivity index (χ2v) is 7.74. The van der Waals surface area contributed by atoms with E-state index in [0.29, 0.717) is 21.6 Å². The number of benzene rings is 2. The van der Waals surface area contributed by atoms with Crippen molar-refractivity contribution in [3.05, 3.63) is 81.5 Å². The lowest BCUT2D eigenvalue weighted by Gasteiger charge is -2.11. The average molecular weight is 445 g/mol. The van der Waals surface area contributed by atoms with Gasteiger partial charge in [-0.3, -0.25) is 10.1 Å². The summed E-state index contributed by atoms with van der Waals surface area (Å²) in [6.07, 6.45) is 2.91. The number of anilines is 1. The SMILES string of the molecule is Cc1ccc(C)c(NC(=S)NC(=O)/C=C/c2ccc(-c3cc(Cl)cc(Cl)c3)o2)c1. The van der Waals surface area contributed by atoms with Gasteiger partial charge in [-0.15, -0.1) is 0 Å². The number of thiocarbonyl (C=S) groups is 1. The number of amides is 1. The third kappa shape index (κ3) is 5.94. The number of hydrogen-bond acceptors (Lipinski definition) is 3. The highest BCUT2D eigenvalue weighted by Crippen LogP contribution is 2.28. The standard InChI is InChI=1S/C22H18Cl2N2O2S/c1-13-3-4-14(2)19(9-13)25-22(29)26-21(27)8-6-18-5-7-20(28-18)15-10-16(23)12-17(24)11-15/h3-12H,1-2H3,(H2,25,26,27,29)/b8-6+.